The van der Waals surface area contributed by atoms with Gasteiger partial charge >= 0.3 is 0 Å². The summed E-state index contributed by atoms with van der Waals surface area (Å²) in [6, 6.07) is 7.44. The molecular weight excluding hydrogens is 389 g/mol. The summed E-state index contributed by atoms with van der Waals surface area (Å²) in [5, 5.41) is 10.6. The molecule has 0 saturated heterocycles. The van der Waals surface area contributed by atoms with E-state index in [0.717, 1.165) is 20.8 Å². The van der Waals surface area contributed by atoms with E-state index >= 15 is 0 Å². The first-order valence-electron chi connectivity index (χ1n) is 8.22. The van der Waals surface area contributed by atoms with Crippen molar-refractivity contribution in [2.75, 3.05) is 0 Å². The van der Waals surface area contributed by atoms with Gasteiger partial charge in [0.05, 0.1) is 11.5 Å². The van der Waals surface area contributed by atoms with Gasteiger partial charge in [0.25, 0.3) is 5.56 Å². The van der Waals surface area contributed by atoms with E-state index in [9.17, 15) is 4.79 Å². The molecule has 0 saturated carbocycles. The van der Waals surface area contributed by atoms with Crippen molar-refractivity contribution >= 4 is 44.8 Å². The molecule has 0 bridgehead atoms. The standard InChI is InChI=1S/C19H17Cl2N3OS/c1-11-12(2)26-18-17(11)19(25)24(8-4-3-7-22)16(23-18)9-13-5-6-14(20)10-15(13)21/h5-6,10H,3-4,8-9H2,1-2H3. The zero-order chi connectivity index (χ0) is 18.8. The van der Waals surface area contributed by atoms with Gasteiger partial charge in [-0.1, -0.05) is 29.3 Å². The maximum Gasteiger partial charge on any atom is 0.262 e. The van der Waals surface area contributed by atoms with Crippen molar-refractivity contribution in [3.63, 3.8) is 0 Å². The Morgan fingerprint density at radius 1 is 1.31 bits per heavy atom. The molecule has 134 valence electrons. The van der Waals surface area contributed by atoms with Gasteiger partial charge in [-0.2, -0.15) is 5.26 Å². The van der Waals surface area contributed by atoms with Gasteiger partial charge in [-0.15, -0.1) is 11.3 Å². The summed E-state index contributed by atoms with van der Waals surface area (Å²) < 4.78 is 1.68. The topological polar surface area (TPSA) is 58.7 Å². The lowest BCUT2D eigenvalue weighted by molar-refractivity contribution is 0.598. The Labute approximate surface area is 165 Å². The smallest absolute Gasteiger partial charge is 0.262 e. The number of benzene rings is 1. The lowest BCUT2D eigenvalue weighted by atomic mass is 10.1. The number of aromatic nitrogens is 2. The number of halogens is 2. The molecule has 2 heterocycles. The fourth-order valence-corrected chi connectivity index (χ4v) is 4.40. The maximum atomic E-state index is 13.1. The predicted octanol–water partition coefficient (Wildman–Crippen LogP) is 5.28. The number of hydrogen-bond acceptors (Lipinski definition) is 4. The van der Waals surface area contributed by atoms with Crippen LogP contribution in [0.2, 0.25) is 10.0 Å². The number of aryl methyl sites for hydroxylation is 2. The van der Waals surface area contributed by atoms with Crippen molar-refractivity contribution in [1.82, 2.24) is 9.55 Å². The van der Waals surface area contributed by atoms with Crippen molar-refractivity contribution in [2.45, 2.75) is 39.7 Å². The molecule has 3 aromatic rings. The van der Waals surface area contributed by atoms with Crippen LogP contribution in [0.5, 0.6) is 0 Å². The molecule has 0 aliphatic rings. The Morgan fingerprint density at radius 3 is 2.77 bits per heavy atom. The molecule has 0 aliphatic carbocycles. The molecule has 0 spiro atoms. The highest BCUT2D eigenvalue weighted by molar-refractivity contribution is 7.18. The largest absolute Gasteiger partial charge is 0.296 e. The van der Waals surface area contributed by atoms with E-state index < -0.39 is 0 Å². The molecule has 0 amide bonds. The minimum absolute atomic E-state index is 0.0464. The van der Waals surface area contributed by atoms with Crippen molar-refractivity contribution in [3.05, 3.63) is 60.4 Å². The number of rotatable bonds is 5. The fraction of sp³-hybridized carbons (Fsp3) is 0.316. The van der Waals surface area contributed by atoms with Crippen molar-refractivity contribution < 1.29 is 0 Å². The highest BCUT2D eigenvalue weighted by Gasteiger charge is 2.17. The van der Waals surface area contributed by atoms with Gasteiger partial charge < -0.3 is 0 Å². The number of nitrogens with zero attached hydrogens (tertiary/aromatic N) is 3. The quantitative estimate of drug-likeness (QED) is 0.542. The Balaban J connectivity index is 2.14. The van der Waals surface area contributed by atoms with Gasteiger partial charge in [-0.05, 0) is 43.5 Å². The van der Waals surface area contributed by atoms with Gasteiger partial charge in [-0.25, -0.2) is 4.98 Å². The second-order valence-corrected chi connectivity index (χ2v) is 8.17. The third-order valence-corrected chi connectivity index (χ3v) is 6.09. The molecule has 7 heteroatoms. The highest BCUT2D eigenvalue weighted by atomic mass is 35.5. The minimum atomic E-state index is -0.0464. The van der Waals surface area contributed by atoms with E-state index in [-0.39, 0.29) is 5.56 Å². The summed E-state index contributed by atoms with van der Waals surface area (Å²) in [5.41, 5.74) is 1.80. The fourth-order valence-electron chi connectivity index (χ4n) is 2.89. The second kappa shape index (κ2) is 7.79. The third kappa shape index (κ3) is 3.64. The highest BCUT2D eigenvalue weighted by Crippen LogP contribution is 2.28. The lowest BCUT2D eigenvalue weighted by Gasteiger charge is -2.13. The van der Waals surface area contributed by atoms with E-state index in [4.69, 9.17) is 33.4 Å². The molecule has 0 unspecified atom stereocenters. The molecule has 0 fully saturated rings. The molecule has 0 N–H and O–H groups in total. The number of unbranched alkanes of at least 4 members (excludes halogenated alkanes) is 1. The first-order chi connectivity index (χ1) is 12.4. The SMILES string of the molecule is Cc1sc2nc(Cc3ccc(Cl)cc3Cl)n(CCCC#N)c(=O)c2c1C. The van der Waals surface area contributed by atoms with Crippen LogP contribution in [0.4, 0.5) is 0 Å². The Bertz CT molecular complexity index is 1080. The van der Waals surface area contributed by atoms with Crippen LogP contribution in [0.1, 0.15) is 34.7 Å². The molecular formula is C19H17Cl2N3OS. The van der Waals surface area contributed by atoms with Crippen LogP contribution in [0.15, 0.2) is 23.0 Å². The summed E-state index contributed by atoms with van der Waals surface area (Å²) >= 11 is 13.8. The average Bonchev–Trinajstić information content (AvgIpc) is 2.87. The molecule has 0 radical (unpaired) electrons. The van der Waals surface area contributed by atoms with Gasteiger partial charge in [0.2, 0.25) is 0 Å². The summed E-state index contributed by atoms with van der Waals surface area (Å²) in [4.78, 5) is 19.7. The Morgan fingerprint density at radius 2 is 2.08 bits per heavy atom. The predicted molar refractivity (Wildman–Crippen MR) is 107 cm³/mol. The Hall–Kier alpha value is -1.87. The molecule has 3 rings (SSSR count). The first kappa shape index (κ1) is 18.9. The number of hydrogen-bond donors (Lipinski definition) is 0. The van der Waals surface area contributed by atoms with Crippen LogP contribution < -0.4 is 5.56 Å². The lowest BCUT2D eigenvalue weighted by Crippen LogP contribution is -2.25. The van der Waals surface area contributed by atoms with Crippen LogP contribution in [0.3, 0.4) is 0 Å². The minimum Gasteiger partial charge on any atom is -0.296 e. The van der Waals surface area contributed by atoms with Crippen LogP contribution in [0.25, 0.3) is 10.2 Å². The van der Waals surface area contributed by atoms with Crippen LogP contribution in [-0.4, -0.2) is 9.55 Å². The van der Waals surface area contributed by atoms with Gasteiger partial charge in [0, 0.05) is 34.3 Å². The molecule has 0 aliphatic heterocycles. The van der Waals surface area contributed by atoms with Crippen LogP contribution in [-0.2, 0) is 13.0 Å². The van der Waals surface area contributed by atoms with E-state index in [2.05, 4.69) is 6.07 Å². The number of thiophene rings is 1. The van der Waals surface area contributed by atoms with E-state index in [1.165, 1.54) is 11.3 Å². The normalized spacial score (nSPS) is 11.0. The van der Waals surface area contributed by atoms with Crippen molar-refractivity contribution in [1.29, 1.82) is 5.26 Å². The Kier molecular flexibility index (Phi) is 5.67. The van der Waals surface area contributed by atoms with E-state index in [1.54, 1.807) is 16.7 Å². The zero-order valence-electron chi connectivity index (χ0n) is 14.5. The molecule has 1 aromatic carbocycles. The van der Waals surface area contributed by atoms with Gasteiger partial charge in [0.1, 0.15) is 10.7 Å². The van der Waals surface area contributed by atoms with Crippen molar-refractivity contribution in [2.24, 2.45) is 0 Å². The summed E-state index contributed by atoms with van der Waals surface area (Å²) in [7, 11) is 0. The van der Waals surface area contributed by atoms with Gasteiger partial charge in [0.15, 0.2) is 0 Å². The molecule has 26 heavy (non-hydrogen) atoms. The van der Waals surface area contributed by atoms with Crippen molar-refractivity contribution in [3.8, 4) is 6.07 Å². The third-order valence-electron chi connectivity index (χ3n) is 4.40. The second-order valence-electron chi connectivity index (χ2n) is 6.12. The first-order valence-corrected chi connectivity index (χ1v) is 9.80. The van der Waals surface area contributed by atoms with Gasteiger partial charge in [-0.3, -0.25) is 9.36 Å². The number of fused-ring (bicyclic) bond motifs is 1. The maximum absolute atomic E-state index is 13.1. The summed E-state index contributed by atoms with van der Waals surface area (Å²) in [6.45, 7) is 4.41. The molecule has 2 aromatic heterocycles. The summed E-state index contributed by atoms with van der Waals surface area (Å²) in [6.07, 6.45) is 1.43. The monoisotopic (exact) mass is 405 g/mol. The zero-order valence-corrected chi connectivity index (χ0v) is 16.8. The number of nitriles is 1. The average molecular weight is 406 g/mol. The van der Waals surface area contributed by atoms with Crippen LogP contribution >= 0.6 is 34.5 Å². The summed E-state index contributed by atoms with van der Waals surface area (Å²) in [5.74, 6) is 0.658. The molecule has 4 nitrogen and oxygen atoms in total. The molecule has 0 atom stereocenters. The van der Waals surface area contributed by atoms with Crippen LogP contribution in [0, 0.1) is 25.2 Å². The van der Waals surface area contributed by atoms with E-state index in [1.807, 2.05) is 19.9 Å². The van der Waals surface area contributed by atoms with E-state index in [0.29, 0.717) is 47.1 Å².